The maximum atomic E-state index is 4.66. The number of halogens is 2. The lowest BCUT2D eigenvalue weighted by molar-refractivity contribution is 0.791. The molecule has 2 nitrogen and oxygen atoms in total. The lowest BCUT2D eigenvalue weighted by Crippen LogP contribution is -2.02. The van der Waals surface area contributed by atoms with Gasteiger partial charge in [0.2, 0.25) is 0 Å². The molecule has 1 aromatic heterocycles. The van der Waals surface area contributed by atoms with Crippen LogP contribution in [0.2, 0.25) is 0 Å². The van der Waals surface area contributed by atoms with Crippen molar-refractivity contribution in [1.29, 1.82) is 0 Å². The maximum absolute atomic E-state index is 4.66. The highest BCUT2D eigenvalue weighted by Crippen LogP contribution is 2.25. The number of aryl methyl sites for hydroxylation is 2. The van der Waals surface area contributed by atoms with Gasteiger partial charge in [-0.05, 0) is 52.5 Å². The van der Waals surface area contributed by atoms with Gasteiger partial charge in [-0.15, -0.1) is 0 Å². The fraction of sp³-hybridized carbons (Fsp3) is 0.357. The molecule has 0 bridgehead atoms. The smallest absolute Gasteiger partial charge is 0.0791 e. The average Bonchev–Trinajstić information content (AvgIpc) is 2.81. The third-order valence-corrected chi connectivity index (χ3v) is 4.24. The van der Waals surface area contributed by atoms with Crippen LogP contribution in [0.15, 0.2) is 28.7 Å². The van der Waals surface area contributed by atoms with E-state index in [1.165, 1.54) is 11.3 Å². The number of rotatable bonds is 4. The highest BCUT2D eigenvalue weighted by molar-refractivity contribution is 9.10. The molecule has 0 aliphatic carbocycles. The van der Waals surface area contributed by atoms with E-state index in [-0.39, 0.29) is 0 Å². The number of aromatic nitrogens is 2. The summed E-state index contributed by atoms with van der Waals surface area (Å²) in [6.45, 7) is 4.29. The van der Waals surface area contributed by atoms with Gasteiger partial charge in [0.1, 0.15) is 0 Å². The fourth-order valence-corrected chi connectivity index (χ4v) is 2.86. The summed E-state index contributed by atoms with van der Waals surface area (Å²) < 4.78 is 3.13. The van der Waals surface area contributed by atoms with E-state index in [1.54, 1.807) is 0 Å². The molecule has 0 atom stereocenters. The number of hydrogen-bond donors (Lipinski definition) is 0. The zero-order chi connectivity index (χ0) is 13.1. The van der Waals surface area contributed by atoms with Crippen molar-refractivity contribution in [2.45, 2.75) is 32.0 Å². The molecular formula is C14H16Br2N2. The van der Waals surface area contributed by atoms with Crippen LogP contribution >= 0.6 is 31.9 Å². The highest BCUT2D eigenvalue weighted by atomic mass is 79.9. The normalized spacial score (nSPS) is 10.9. The highest BCUT2D eigenvalue weighted by Gasteiger charge is 2.10. The molecule has 0 fully saturated rings. The van der Waals surface area contributed by atoms with Crippen molar-refractivity contribution < 1.29 is 0 Å². The second-order valence-electron chi connectivity index (χ2n) is 4.17. The summed E-state index contributed by atoms with van der Waals surface area (Å²) in [5.74, 6) is 0. The van der Waals surface area contributed by atoms with Gasteiger partial charge in [0, 0.05) is 15.5 Å². The minimum absolute atomic E-state index is 0.867. The average molecular weight is 372 g/mol. The van der Waals surface area contributed by atoms with Crippen LogP contribution in [0.4, 0.5) is 0 Å². The van der Waals surface area contributed by atoms with Gasteiger partial charge in [-0.1, -0.05) is 35.8 Å². The third-order valence-electron chi connectivity index (χ3n) is 2.95. The van der Waals surface area contributed by atoms with Gasteiger partial charge in [0.25, 0.3) is 0 Å². The monoisotopic (exact) mass is 370 g/mol. The summed E-state index contributed by atoms with van der Waals surface area (Å²) >= 11 is 7.11. The summed E-state index contributed by atoms with van der Waals surface area (Å²) in [6, 6.07) is 8.57. The van der Waals surface area contributed by atoms with Crippen molar-refractivity contribution in [3.63, 3.8) is 0 Å². The summed E-state index contributed by atoms with van der Waals surface area (Å²) in [5.41, 5.74) is 4.75. The molecule has 0 unspecified atom stereocenters. The van der Waals surface area contributed by atoms with Crippen molar-refractivity contribution in [3.8, 4) is 5.69 Å². The third kappa shape index (κ3) is 2.69. The van der Waals surface area contributed by atoms with Crippen LogP contribution in [0.25, 0.3) is 5.69 Å². The van der Waals surface area contributed by atoms with Crippen molar-refractivity contribution in [2.24, 2.45) is 0 Å². The van der Waals surface area contributed by atoms with Crippen LogP contribution in [0.5, 0.6) is 0 Å². The Morgan fingerprint density at radius 3 is 2.50 bits per heavy atom. The minimum atomic E-state index is 0.867. The molecule has 0 spiro atoms. The minimum Gasteiger partial charge on any atom is -0.236 e. The second kappa shape index (κ2) is 6.02. The molecule has 2 aromatic rings. The number of nitrogens with zero attached hydrogens (tertiary/aromatic N) is 2. The largest absolute Gasteiger partial charge is 0.236 e. The van der Waals surface area contributed by atoms with E-state index in [0.717, 1.165) is 34.0 Å². The van der Waals surface area contributed by atoms with Crippen molar-refractivity contribution in [2.75, 3.05) is 0 Å². The topological polar surface area (TPSA) is 17.8 Å². The lowest BCUT2D eigenvalue weighted by atomic mass is 10.2. The molecule has 0 saturated carbocycles. The molecule has 4 heteroatoms. The zero-order valence-electron chi connectivity index (χ0n) is 10.6. The van der Waals surface area contributed by atoms with Crippen molar-refractivity contribution in [1.82, 2.24) is 9.78 Å². The SMILES string of the molecule is CCc1cc(CC)n(-c2ccc(CBr)cc2Br)n1. The molecule has 0 saturated heterocycles. The fourth-order valence-electron chi connectivity index (χ4n) is 1.91. The summed E-state index contributed by atoms with van der Waals surface area (Å²) in [4.78, 5) is 0. The molecule has 2 rings (SSSR count). The first-order valence-electron chi connectivity index (χ1n) is 6.12. The molecule has 1 heterocycles. The molecule has 0 aliphatic rings. The van der Waals surface area contributed by atoms with E-state index in [9.17, 15) is 0 Å². The van der Waals surface area contributed by atoms with Crippen molar-refractivity contribution in [3.05, 3.63) is 45.7 Å². The molecule has 18 heavy (non-hydrogen) atoms. The number of benzene rings is 1. The Bertz CT molecular complexity index is 547. The van der Waals surface area contributed by atoms with Crippen LogP contribution in [0, 0.1) is 0 Å². The molecule has 0 N–H and O–H groups in total. The second-order valence-corrected chi connectivity index (χ2v) is 5.58. The van der Waals surface area contributed by atoms with Crippen LogP contribution in [-0.4, -0.2) is 9.78 Å². The number of alkyl halides is 1. The van der Waals surface area contributed by atoms with Gasteiger partial charge in [0.15, 0.2) is 0 Å². The zero-order valence-corrected chi connectivity index (χ0v) is 13.8. The first-order valence-corrected chi connectivity index (χ1v) is 8.03. The summed E-state index contributed by atoms with van der Waals surface area (Å²) in [5, 5.41) is 5.53. The molecular weight excluding hydrogens is 356 g/mol. The lowest BCUT2D eigenvalue weighted by Gasteiger charge is -2.09. The number of hydrogen-bond acceptors (Lipinski definition) is 1. The van der Waals surface area contributed by atoms with Gasteiger partial charge < -0.3 is 0 Å². The van der Waals surface area contributed by atoms with E-state index in [0.29, 0.717) is 0 Å². The summed E-state index contributed by atoms with van der Waals surface area (Å²) in [7, 11) is 0. The predicted molar refractivity (Wildman–Crippen MR) is 82.7 cm³/mol. The molecule has 0 amide bonds. The Balaban J connectivity index is 2.50. The van der Waals surface area contributed by atoms with Gasteiger partial charge >= 0.3 is 0 Å². The Morgan fingerprint density at radius 2 is 1.94 bits per heavy atom. The van der Waals surface area contributed by atoms with Crippen molar-refractivity contribution >= 4 is 31.9 Å². The van der Waals surface area contributed by atoms with Crippen LogP contribution in [0.1, 0.15) is 30.8 Å². The standard InChI is InChI=1S/C14H16Br2N2/c1-3-11-8-12(4-2)18(17-11)14-6-5-10(9-15)7-13(14)16/h5-8H,3-4,9H2,1-2H3. The quantitative estimate of drug-likeness (QED) is 0.715. The Morgan fingerprint density at radius 1 is 1.17 bits per heavy atom. The molecule has 0 aliphatic heterocycles. The molecule has 96 valence electrons. The van der Waals surface area contributed by atoms with E-state index in [2.05, 4.69) is 75.1 Å². The van der Waals surface area contributed by atoms with Gasteiger partial charge in [-0.25, -0.2) is 4.68 Å². The van der Waals surface area contributed by atoms with E-state index >= 15 is 0 Å². The maximum Gasteiger partial charge on any atom is 0.0791 e. The van der Waals surface area contributed by atoms with Crippen LogP contribution < -0.4 is 0 Å². The van der Waals surface area contributed by atoms with E-state index < -0.39 is 0 Å². The van der Waals surface area contributed by atoms with E-state index in [1.807, 2.05) is 4.68 Å². The van der Waals surface area contributed by atoms with E-state index in [4.69, 9.17) is 0 Å². The molecule has 0 radical (unpaired) electrons. The van der Waals surface area contributed by atoms with Gasteiger partial charge in [0.05, 0.1) is 11.4 Å². The van der Waals surface area contributed by atoms with Crippen LogP contribution in [0.3, 0.4) is 0 Å². The van der Waals surface area contributed by atoms with Crippen LogP contribution in [-0.2, 0) is 18.2 Å². The predicted octanol–water partition coefficient (Wildman–Crippen LogP) is 4.65. The Kier molecular flexibility index (Phi) is 4.62. The van der Waals surface area contributed by atoms with Gasteiger partial charge in [-0.2, -0.15) is 5.10 Å². The first kappa shape index (κ1) is 13.8. The first-order chi connectivity index (χ1) is 8.69. The Labute approximate surface area is 125 Å². The molecule has 1 aromatic carbocycles. The summed E-state index contributed by atoms with van der Waals surface area (Å²) in [6.07, 6.45) is 1.96. The Hall–Kier alpha value is -0.610. The van der Waals surface area contributed by atoms with Gasteiger partial charge in [-0.3, -0.25) is 0 Å².